The van der Waals surface area contributed by atoms with Crippen molar-refractivity contribution in [2.75, 3.05) is 16.6 Å². The zero-order chi connectivity index (χ0) is 14.3. The summed E-state index contributed by atoms with van der Waals surface area (Å²) in [6.45, 7) is 0.429. The van der Waals surface area contributed by atoms with Crippen molar-refractivity contribution in [1.82, 2.24) is 0 Å². The van der Waals surface area contributed by atoms with Gasteiger partial charge in [0.15, 0.2) is 0 Å². The average Bonchev–Trinajstić information content (AvgIpc) is 2.85. The minimum Gasteiger partial charge on any atom is -0.397 e. The van der Waals surface area contributed by atoms with E-state index in [-0.39, 0.29) is 4.90 Å². The smallest absolute Gasteiger partial charge is 0.264 e. The van der Waals surface area contributed by atoms with E-state index in [1.165, 1.54) is 4.31 Å². The van der Waals surface area contributed by atoms with Gasteiger partial charge in [0.1, 0.15) is 0 Å². The Balaban J connectivity index is 2.12. The molecule has 4 nitrogen and oxygen atoms in total. The number of hydrogen-bond donors (Lipinski definition) is 1. The van der Waals surface area contributed by atoms with Crippen LogP contribution in [0.15, 0.2) is 51.8 Å². The summed E-state index contributed by atoms with van der Waals surface area (Å²) in [7, 11) is -3.57. The summed E-state index contributed by atoms with van der Waals surface area (Å²) in [6, 6.07) is 12.2. The van der Waals surface area contributed by atoms with E-state index in [1.54, 1.807) is 30.3 Å². The Morgan fingerprint density at radius 3 is 2.65 bits per heavy atom. The highest BCUT2D eigenvalue weighted by Gasteiger charge is 2.32. The zero-order valence-corrected chi connectivity index (χ0v) is 13.0. The standard InChI is InChI=1S/C14H13BrN2O2S/c15-11-4-2-5-12(9-11)20(18,19)17-8-7-10-3-1-6-13(16)14(10)17/h1-6,9H,7-8,16H2. The Bertz CT molecular complexity index is 774. The summed E-state index contributed by atoms with van der Waals surface area (Å²) in [6.07, 6.45) is 0.688. The van der Waals surface area contributed by atoms with E-state index in [0.717, 1.165) is 10.0 Å². The molecule has 3 rings (SSSR count). The van der Waals surface area contributed by atoms with E-state index >= 15 is 0 Å². The predicted molar refractivity (Wildman–Crippen MR) is 83.2 cm³/mol. The van der Waals surface area contributed by atoms with E-state index in [2.05, 4.69) is 15.9 Å². The van der Waals surface area contributed by atoms with Crippen LogP contribution < -0.4 is 10.0 Å². The van der Waals surface area contributed by atoms with E-state index < -0.39 is 10.0 Å². The topological polar surface area (TPSA) is 63.4 Å². The number of sulfonamides is 1. The van der Waals surface area contributed by atoms with E-state index in [9.17, 15) is 8.42 Å². The van der Waals surface area contributed by atoms with Crippen molar-refractivity contribution in [1.29, 1.82) is 0 Å². The van der Waals surface area contributed by atoms with Gasteiger partial charge in [0.25, 0.3) is 10.0 Å². The molecule has 0 aromatic heterocycles. The molecule has 0 saturated heterocycles. The Labute approximate surface area is 126 Å². The van der Waals surface area contributed by atoms with Gasteiger partial charge in [0.2, 0.25) is 0 Å². The third-order valence-electron chi connectivity index (χ3n) is 3.37. The van der Waals surface area contributed by atoms with Crippen LogP contribution in [0.2, 0.25) is 0 Å². The molecule has 20 heavy (non-hydrogen) atoms. The first kappa shape index (κ1) is 13.5. The highest BCUT2D eigenvalue weighted by molar-refractivity contribution is 9.10. The van der Waals surface area contributed by atoms with E-state index in [0.29, 0.717) is 24.3 Å². The minimum absolute atomic E-state index is 0.267. The van der Waals surface area contributed by atoms with Gasteiger partial charge in [0, 0.05) is 11.0 Å². The minimum atomic E-state index is -3.57. The second-order valence-corrected chi connectivity index (χ2v) is 7.42. The second-order valence-electron chi connectivity index (χ2n) is 4.64. The molecular weight excluding hydrogens is 340 g/mol. The van der Waals surface area contributed by atoms with Gasteiger partial charge >= 0.3 is 0 Å². The fourth-order valence-corrected chi connectivity index (χ4v) is 4.57. The van der Waals surface area contributed by atoms with Gasteiger partial charge in [-0.3, -0.25) is 4.31 Å². The maximum atomic E-state index is 12.8. The first-order chi connectivity index (χ1) is 9.50. The van der Waals surface area contributed by atoms with Gasteiger partial charge in [-0.25, -0.2) is 8.42 Å². The molecular formula is C14H13BrN2O2S. The van der Waals surface area contributed by atoms with Crippen LogP contribution in [0.4, 0.5) is 11.4 Å². The Hall–Kier alpha value is -1.53. The largest absolute Gasteiger partial charge is 0.397 e. The lowest BCUT2D eigenvalue weighted by atomic mass is 10.1. The van der Waals surface area contributed by atoms with Crippen LogP contribution in [-0.2, 0) is 16.4 Å². The van der Waals surface area contributed by atoms with Crippen LogP contribution >= 0.6 is 15.9 Å². The summed E-state index contributed by atoms with van der Waals surface area (Å²) in [5, 5.41) is 0. The Morgan fingerprint density at radius 1 is 1.15 bits per heavy atom. The summed E-state index contributed by atoms with van der Waals surface area (Å²) < 4.78 is 27.6. The summed E-state index contributed by atoms with van der Waals surface area (Å²) in [5.74, 6) is 0. The van der Waals surface area contributed by atoms with Crippen molar-refractivity contribution in [3.63, 3.8) is 0 Å². The third kappa shape index (κ3) is 2.09. The van der Waals surface area contributed by atoms with Crippen LogP contribution in [0.25, 0.3) is 0 Å². The third-order valence-corrected chi connectivity index (χ3v) is 5.66. The molecule has 0 amide bonds. The Morgan fingerprint density at radius 2 is 1.90 bits per heavy atom. The highest BCUT2D eigenvalue weighted by Crippen LogP contribution is 2.37. The molecule has 1 aliphatic rings. The number of nitrogens with two attached hydrogens (primary N) is 1. The summed E-state index contributed by atoms with van der Waals surface area (Å²) in [4.78, 5) is 0.267. The predicted octanol–water partition coefficient (Wildman–Crippen LogP) is 2.78. The molecule has 6 heteroatoms. The van der Waals surface area contributed by atoms with Crippen molar-refractivity contribution in [2.45, 2.75) is 11.3 Å². The normalized spacial score (nSPS) is 14.3. The molecule has 2 aromatic carbocycles. The van der Waals surface area contributed by atoms with Gasteiger partial charge in [-0.05, 0) is 36.2 Å². The summed E-state index contributed by atoms with van der Waals surface area (Å²) in [5.41, 5.74) is 8.04. The lowest BCUT2D eigenvalue weighted by Gasteiger charge is -2.21. The Kier molecular flexibility index (Phi) is 3.22. The van der Waals surface area contributed by atoms with Gasteiger partial charge in [-0.1, -0.05) is 34.1 Å². The van der Waals surface area contributed by atoms with Crippen LogP contribution in [0, 0.1) is 0 Å². The number of rotatable bonds is 2. The van der Waals surface area contributed by atoms with E-state index in [4.69, 9.17) is 5.73 Å². The number of anilines is 2. The van der Waals surface area contributed by atoms with Crippen molar-refractivity contribution < 1.29 is 8.42 Å². The molecule has 2 aromatic rings. The van der Waals surface area contributed by atoms with Crippen LogP contribution in [0.3, 0.4) is 0 Å². The number of para-hydroxylation sites is 1. The van der Waals surface area contributed by atoms with Crippen molar-refractivity contribution in [3.8, 4) is 0 Å². The van der Waals surface area contributed by atoms with Gasteiger partial charge in [-0.15, -0.1) is 0 Å². The molecule has 0 atom stereocenters. The molecule has 104 valence electrons. The maximum Gasteiger partial charge on any atom is 0.264 e. The molecule has 0 saturated carbocycles. The first-order valence-electron chi connectivity index (χ1n) is 6.16. The molecule has 1 aliphatic heterocycles. The molecule has 1 heterocycles. The van der Waals surface area contributed by atoms with Crippen LogP contribution in [0.5, 0.6) is 0 Å². The van der Waals surface area contributed by atoms with Crippen molar-refractivity contribution >= 4 is 37.3 Å². The number of fused-ring (bicyclic) bond motifs is 1. The fourth-order valence-electron chi connectivity index (χ4n) is 2.45. The molecule has 0 spiro atoms. The van der Waals surface area contributed by atoms with Gasteiger partial charge in [0.05, 0.1) is 16.3 Å². The number of halogens is 1. The molecule has 0 fully saturated rings. The van der Waals surface area contributed by atoms with Crippen LogP contribution in [0.1, 0.15) is 5.56 Å². The lowest BCUT2D eigenvalue weighted by Crippen LogP contribution is -2.29. The number of benzene rings is 2. The number of hydrogen-bond acceptors (Lipinski definition) is 3. The summed E-state index contributed by atoms with van der Waals surface area (Å²) >= 11 is 3.30. The fraction of sp³-hybridized carbons (Fsp3) is 0.143. The lowest BCUT2D eigenvalue weighted by molar-refractivity contribution is 0.592. The maximum absolute atomic E-state index is 12.8. The SMILES string of the molecule is Nc1cccc2c1N(S(=O)(=O)c1cccc(Br)c1)CC2. The number of nitrogens with zero attached hydrogens (tertiary/aromatic N) is 1. The van der Waals surface area contributed by atoms with Crippen LogP contribution in [-0.4, -0.2) is 15.0 Å². The van der Waals surface area contributed by atoms with Gasteiger partial charge < -0.3 is 5.73 Å². The van der Waals surface area contributed by atoms with Crippen molar-refractivity contribution in [3.05, 3.63) is 52.5 Å². The molecule has 0 radical (unpaired) electrons. The molecule has 2 N–H and O–H groups in total. The molecule has 0 bridgehead atoms. The molecule has 0 unspecified atom stereocenters. The van der Waals surface area contributed by atoms with Gasteiger partial charge in [-0.2, -0.15) is 0 Å². The number of nitrogen functional groups attached to an aromatic ring is 1. The van der Waals surface area contributed by atoms with Crippen molar-refractivity contribution in [2.24, 2.45) is 0 Å². The molecule has 0 aliphatic carbocycles. The second kappa shape index (κ2) is 4.79. The zero-order valence-electron chi connectivity index (χ0n) is 10.6. The first-order valence-corrected chi connectivity index (χ1v) is 8.39. The average molecular weight is 353 g/mol. The highest BCUT2D eigenvalue weighted by atomic mass is 79.9. The van der Waals surface area contributed by atoms with E-state index in [1.807, 2.05) is 12.1 Å². The quantitative estimate of drug-likeness (QED) is 0.845. The monoisotopic (exact) mass is 352 g/mol.